The molecule has 0 heterocycles. The van der Waals surface area contributed by atoms with Gasteiger partial charge in [0.25, 0.3) is 5.91 Å². The van der Waals surface area contributed by atoms with Gasteiger partial charge in [0.15, 0.2) is 0 Å². The standard InChI is InChI=1S/C29H36ClFN2O6/c1-27(26(36)37)7-5-17(6-8-27)39-21-10-18(20(38-2)11-19(21)30)24(34)32-23-16-4-3-15(9-16)22(23)25(35)33-29-12-28(31,13-29)14-29/h10-11,15-17,22-23H,3-9,12-14H2,1-2H3,(H,32,34)(H,33,35)(H,36,37)/t15-,16+,17?,22+,23-,27?,28?,29?/m1/s1. The first-order chi connectivity index (χ1) is 18.4. The molecule has 39 heavy (non-hydrogen) atoms. The van der Waals surface area contributed by atoms with Crippen LogP contribution in [0.3, 0.4) is 0 Å². The number of benzene rings is 1. The van der Waals surface area contributed by atoms with Crippen LogP contribution < -0.4 is 20.1 Å². The first-order valence-electron chi connectivity index (χ1n) is 14.0. The molecular weight excluding hydrogens is 527 g/mol. The summed E-state index contributed by atoms with van der Waals surface area (Å²) in [6, 6.07) is 2.82. The zero-order valence-corrected chi connectivity index (χ0v) is 23.1. The van der Waals surface area contributed by atoms with Crippen LogP contribution in [0.5, 0.6) is 11.5 Å². The topological polar surface area (TPSA) is 114 Å². The van der Waals surface area contributed by atoms with Gasteiger partial charge in [0.1, 0.15) is 17.2 Å². The highest BCUT2D eigenvalue weighted by Gasteiger charge is 2.70. The largest absolute Gasteiger partial charge is 0.496 e. The molecule has 2 amide bonds. The Labute approximate surface area is 232 Å². The van der Waals surface area contributed by atoms with Crippen LogP contribution in [0.25, 0.3) is 0 Å². The summed E-state index contributed by atoms with van der Waals surface area (Å²) in [7, 11) is 1.46. The quantitative estimate of drug-likeness (QED) is 0.424. The number of aliphatic carboxylic acids is 1. The molecule has 1 aromatic carbocycles. The number of carboxylic acids is 1. The molecule has 212 valence electrons. The van der Waals surface area contributed by atoms with Crippen molar-refractivity contribution in [2.45, 2.75) is 94.5 Å². The molecule has 0 spiro atoms. The average Bonchev–Trinajstić information content (AvgIpc) is 3.46. The summed E-state index contributed by atoms with van der Waals surface area (Å²) in [5, 5.41) is 16.1. The second kappa shape index (κ2) is 9.25. The van der Waals surface area contributed by atoms with Crippen molar-refractivity contribution in [2.75, 3.05) is 7.11 Å². The normalized spacial score (nSPS) is 39.7. The summed E-state index contributed by atoms with van der Waals surface area (Å²) in [6.07, 6.45) is 5.91. The Balaban J connectivity index is 1.16. The summed E-state index contributed by atoms with van der Waals surface area (Å²) >= 11 is 6.48. The molecular formula is C29H36ClFN2O6. The zero-order chi connectivity index (χ0) is 27.7. The Bertz CT molecular complexity index is 1190. The first kappa shape index (κ1) is 26.7. The minimum Gasteiger partial charge on any atom is -0.496 e. The van der Waals surface area contributed by atoms with E-state index in [-0.39, 0.29) is 47.3 Å². The van der Waals surface area contributed by atoms with Crippen LogP contribution in [-0.4, -0.2) is 53.4 Å². The maximum Gasteiger partial charge on any atom is 0.309 e. The molecule has 1 aromatic rings. The number of rotatable bonds is 8. The van der Waals surface area contributed by atoms with Crippen molar-refractivity contribution in [3.05, 3.63) is 22.7 Å². The lowest BCUT2D eigenvalue weighted by molar-refractivity contribution is -0.177. The summed E-state index contributed by atoms with van der Waals surface area (Å²) < 4.78 is 25.6. The Morgan fingerprint density at radius 1 is 1.05 bits per heavy atom. The van der Waals surface area contributed by atoms with E-state index >= 15 is 0 Å². The van der Waals surface area contributed by atoms with E-state index in [1.165, 1.54) is 7.11 Å². The highest BCUT2D eigenvalue weighted by Crippen LogP contribution is 2.63. The molecule has 6 aliphatic rings. The van der Waals surface area contributed by atoms with E-state index in [0.717, 1.165) is 19.3 Å². The monoisotopic (exact) mass is 562 g/mol. The van der Waals surface area contributed by atoms with Gasteiger partial charge in [0.2, 0.25) is 5.91 Å². The lowest BCUT2D eigenvalue weighted by atomic mass is 9.47. The molecule has 0 aromatic heterocycles. The van der Waals surface area contributed by atoms with Crippen LogP contribution in [-0.2, 0) is 9.59 Å². The van der Waals surface area contributed by atoms with Crippen LogP contribution in [0.15, 0.2) is 12.1 Å². The lowest BCUT2D eigenvalue weighted by Gasteiger charge is -2.66. The fourth-order valence-electron chi connectivity index (χ4n) is 7.96. The van der Waals surface area contributed by atoms with Crippen LogP contribution in [0.1, 0.15) is 81.5 Å². The molecule has 0 aliphatic heterocycles. The fraction of sp³-hybridized carbons (Fsp3) is 0.690. The highest BCUT2D eigenvalue weighted by molar-refractivity contribution is 6.32. The number of carbonyl (C=O) groups is 3. The summed E-state index contributed by atoms with van der Waals surface area (Å²) in [5.41, 5.74) is -1.98. The summed E-state index contributed by atoms with van der Waals surface area (Å²) in [5.74, 6) is -0.500. The van der Waals surface area contributed by atoms with Crippen molar-refractivity contribution in [1.29, 1.82) is 0 Å². The Kier molecular flexibility index (Phi) is 6.32. The van der Waals surface area contributed by atoms with E-state index in [0.29, 0.717) is 61.5 Å². The van der Waals surface area contributed by atoms with Crippen molar-refractivity contribution in [3.63, 3.8) is 0 Å². The molecule has 7 rings (SSSR count). The van der Waals surface area contributed by atoms with E-state index in [1.54, 1.807) is 19.1 Å². The van der Waals surface area contributed by atoms with Gasteiger partial charge < -0.3 is 25.2 Å². The Morgan fingerprint density at radius 2 is 1.72 bits per heavy atom. The van der Waals surface area contributed by atoms with Gasteiger partial charge in [-0.05, 0) is 69.8 Å². The summed E-state index contributed by atoms with van der Waals surface area (Å²) in [6.45, 7) is 1.75. The third-order valence-electron chi connectivity index (χ3n) is 10.2. The molecule has 4 bridgehead atoms. The van der Waals surface area contributed by atoms with Crippen LogP contribution in [0.4, 0.5) is 4.39 Å². The van der Waals surface area contributed by atoms with Gasteiger partial charge in [-0.1, -0.05) is 11.6 Å². The number of methoxy groups -OCH3 is 1. The van der Waals surface area contributed by atoms with Crippen molar-refractivity contribution in [3.8, 4) is 11.5 Å². The van der Waals surface area contributed by atoms with Crippen molar-refractivity contribution < 1.29 is 33.4 Å². The van der Waals surface area contributed by atoms with Crippen LogP contribution in [0, 0.1) is 23.2 Å². The van der Waals surface area contributed by atoms with Gasteiger partial charge in [-0.25, -0.2) is 4.39 Å². The number of nitrogens with one attached hydrogen (secondary N) is 2. The van der Waals surface area contributed by atoms with Gasteiger partial charge in [0, 0.05) is 36.9 Å². The van der Waals surface area contributed by atoms with E-state index in [1.807, 2.05) is 0 Å². The first-order valence-corrected chi connectivity index (χ1v) is 14.4. The van der Waals surface area contributed by atoms with Crippen molar-refractivity contribution in [1.82, 2.24) is 10.6 Å². The molecule has 3 N–H and O–H groups in total. The maximum absolute atomic E-state index is 14.0. The number of halogens is 2. The smallest absolute Gasteiger partial charge is 0.309 e. The zero-order valence-electron chi connectivity index (χ0n) is 22.4. The van der Waals surface area contributed by atoms with E-state index in [2.05, 4.69) is 10.6 Å². The molecule has 4 atom stereocenters. The van der Waals surface area contributed by atoms with Gasteiger partial charge in [0.05, 0.1) is 35.1 Å². The number of fused-ring (bicyclic) bond motifs is 2. The van der Waals surface area contributed by atoms with Gasteiger partial charge >= 0.3 is 5.97 Å². The van der Waals surface area contributed by atoms with E-state index in [4.69, 9.17) is 21.1 Å². The second-order valence-corrected chi connectivity index (χ2v) is 13.4. The highest BCUT2D eigenvalue weighted by atomic mass is 35.5. The van der Waals surface area contributed by atoms with Gasteiger partial charge in [-0.15, -0.1) is 0 Å². The van der Waals surface area contributed by atoms with Gasteiger partial charge in [-0.2, -0.15) is 0 Å². The Hall–Kier alpha value is -2.55. The van der Waals surface area contributed by atoms with Gasteiger partial charge in [-0.3, -0.25) is 14.4 Å². The third-order valence-corrected chi connectivity index (χ3v) is 10.5. The number of amides is 2. The molecule has 6 aliphatic carbocycles. The minimum absolute atomic E-state index is 0.0768. The molecule has 0 radical (unpaired) electrons. The SMILES string of the molecule is COc1cc(Cl)c(OC2CCC(C)(C(=O)O)CC2)cc1C(=O)N[C@@H]1[C@H]2CC[C@H](C2)[C@@H]1C(=O)NC12CC(F)(C1)C2. The van der Waals surface area contributed by atoms with Crippen molar-refractivity contribution >= 4 is 29.4 Å². The minimum atomic E-state index is -1.09. The third kappa shape index (κ3) is 4.54. The molecule has 0 saturated heterocycles. The number of hydrogen-bond acceptors (Lipinski definition) is 5. The molecule has 6 fully saturated rings. The number of hydrogen-bond donors (Lipinski definition) is 3. The van der Waals surface area contributed by atoms with Crippen LogP contribution in [0.2, 0.25) is 5.02 Å². The maximum atomic E-state index is 14.0. The van der Waals surface area contributed by atoms with Crippen LogP contribution >= 0.6 is 11.6 Å². The second-order valence-electron chi connectivity index (χ2n) is 13.0. The number of ether oxygens (including phenoxy) is 2. The predicted molar refractivity (Wildman–Crippen MR) is 141 cm³/mol. The van der Waals surface area contributed by atoms with Crippen molar-refractivity contribution in [2.24, 2.45) is 23.2 Å². The lowest BCUT2D eigenvalue weighted by Crippen LogP contribution is -2.77. The molecule has 10 heteroatoms. The number of alkyl halides is 1. The molecule has 8 nitrogen and oxygen atoms in total. The fourth-order valence-corrected chi connectivity index (χ4v) is 8.16. The Morgan fingerprint density at radius 3 is 2.33 bits per heavy atom. The molecule has 0 unspecified atom stereocenters. The number of carbonyl (C=O) groups excluding carboxylic acids is 2. The summed E-state index contributed by atoms with van der Waals surface area (Å²) in [4.78, 5) is 38.5. The molecule has 6 saturated carbocycles. The predicted octanol–water partition coefficient (Wildman–Crippen LogP) is 4.67. The number of carboxylic acid groups (broad SMARTS) is 1. The average molecular weight is 563 g/mol. The van der Waals surface area contributed by atoms with E-state index in [9.17, 15) is 23.9 Å². The van der Waals surface area contributed by atoms with E-state index < -0.39 is 22.6 Å².